The average Bonchev–Trinajstić information content (AvgIpc) is 2.68. The zero-order valence-electron chi connectivity index (χ0n) is 14.1. The molecule has 1 saturated heterocycles. The van der Waals surface area contributed by atoms with Gasteiger partial charge in [-0.15, -0.1) is 0 Å². The molecular weight excluding hydrogens is 316 g/mol. The van der Waals surface area contributed by atoms with E-state index in [0.717, 1.165) is 24.9 Å². The summed E-state index contributed by atoms with van der Waals surface area (Å²) in [6.45, 7) is 1.26. The molecule has 2 fully saturated rings. The Morgan fingerprint density at radius 2 is 1.88 bits per heavy atom. The summed E-state index contributed by atoms with van der Waals surface area (Å²) in [6.07, 6.45) is 7.81. The fourth-order valence-electron chi connectivity index (χ4n) is 3.67. The number of nitrogens with one attached hydrogen (secondary N) is 1. The molecule has 4 rings (SSSR count). The van der Waals surface area contributed by atoms with E-state index in [2.05, 4.69) is 15.3 Å². The lowest BCUT2D eigenvalue weighted by Gasteiger charge is -2.43. The van der Waals surface area contributed by atoms with Gasteiger partial charge in [-0.25, -0.2) is 9.97 Å². The van der Waals surface area contributed by atoms with Gasteiger partial charge in [0.05, 0.1) is 24.3 Å². The first-order valence-electron chi connectivity index (χ1n) is 8.88. The third kappa shape index (κ3) is 3.49. The van der Waals surface area contributed by atoms with E-state index in [1.807, 2.05) is 35.2 Å². The Morgan fingerprint density at radius 1 is 1.12 bits per heavy atom. The molecule has 0 radical (unpaired) electrons. The highest BCUT2D eigenvalue weighted by Gasteiger charge is 2.37. The van der Waals surface area contributed by atoms with E-state index in [1.54, 1.807) is 12.4 Å². The predicted octanol–water partition coefficient (Wildman–Crippen LogP) is 3.00. The third-order valence-corrected chi connectivity index (χ3v) is 4.92. The van der Waals surface area contributed by atoms with Crippen LogP contribution in [0.3, 0.4) is 0 Å². The Morgan fingerprint density at radius 3 is 2.68 bits per heavy atom. The van der Waals surface area contributed by atoms with Crippen molar-refractivity contribution in [1.29, 1.82) is 0 Å². The molecule has 6 nitrogen and oxygen atoms in total. The molecule has 1 aliphatic heterocycles. The summed E-state index contributed by atoms with van der Waals surface area (Å²) in [6, 6.07) is 9.92. The summed E-state index contributed by atoms with van der Waals surface area (Å²) in [7, 11) is 0. The maximum Gasteiger partial charge on any atom is 0.257 e. The summed E-state index contributed by atoms with van der Waals surface area (Å²) in [4.78, 5) is 23.4. The molecular formula is C19H22N4O2. The zero-order valence-corrected chi connectivity index (χ0v) is 14.1. The van der Waals surface area contributed by atoms with Crippen molar-refractivity contribution < 1.29 is 9.53 Å². The second-order valence-electron chi connectivity index (χ2n) is 6.55. The van der Waals surface area contributed by atoms with Crippen LogP contribution in [0.1, 0.15) is 36.0 Å². The van der Waals surface area contributed by atoms with Crippen molar-refractivity contribution >= 4 is 17.5 Å². The Labute approximate surface area is 147 Å². The van der Waals surface area contributed by atoms with Crippen LogP contribution in [0.15, 0.2) is 42.7 Å². The van der Waals surface area contributed by atoms with E-state index in [0.29, 0.717) is 24.7 Å². The van der Waals surface area contributed by atoms with Gasteiger partial charge >= 0.3 is 0 Å². The fraction of sp³-hybridized carbons (Fsp3) is 0.421. The average molecular weight is 338 g/mol. The quantitative estimate of drug-likeness (QED) is 0.932. The molecule has 1 aliphatic carbocycles. The van der Waals surface area contributed by atoms with E-state index in [9.17, 15) is 4.79 Å². The largest absolute Gasteiger partial charge is 0.374 e. The molecule has 1 aromatic carbocycles. The topological polar surface area (TPSA) is 67.4 Å². The van der Waals surface area contributed by atoms with Crippen molar-refractivity contribution in [1.82, 2.24) is 14.9 Å². The molecule has 6 heteroatoms. The smallest absolute Gasteiger partial charge is 0.257 e. The Bertz CT molecular complexity index is 718. The molecule has 1 amide bonds. The SMILES string of the molecule is O=C(c1cnc(Nc2ccccc2)nc1)N1CCOC2CCCCC21. The molecule has 2 unspecified atom stereocenters. The van der Waals surface area contributed by atoms with Gasteiger partial charge in [0.1, 0.15) is 0 Å². The van der Waals surface area contributed by atoms with Crippen LogP contribution in [0.25, 0.3) is 0 Å². The highest BCUT2D eigenvalue weighted by Crippen LogP contribution is 2.29. The van der Waals surface area contributed by atoms with Crippen LogP contribution in [-0.2, 0) is 4.74 Å². The van der Waals surface area contributed by atoms with Gasteiger partial charge in [0, 0.05) is 24.6 Å². The molecule has 2 heterocycles. The van der Waals surface area contributed by atoms with Crippen molar-refractivity contribution in [3.63, 3.8) is 0 Å². The second kappa shape index (κ2) is 7.19. The first kappa shape index (κ1) is 16.0. The molecule has 1 N–H and O–H groups in total. The normalized spacial score (nSPS) is 23.0. The number of morpholine rings is 1. The second-order valence-corrected chi connectivity index (χ2v) is 6.55. The van der Waals surface area contributed by atoms with Crippen LogP contribution < -0.4 is 5.32 Å². The fourth-order valence-corrected chi connectivity index (χ4v) is 3.67. The molecule has 2 aliphatic rings. The molecule has 1 aromatic heterocycles. The number of carbonyl (C=O) groups is 1. The minimum absolute atomic E-state index is 0.00598. The van der Waals surface area contributed by atoms with Gasteiger partial charge in [-0.3, -0.25) is 4.79 Å². The van der Waals surface area contributed by atoms with Crippen LogP contribution >= 0.6 is 0 Å². The number of hydrogen-bond donors (Lipinski definition) is 1. The number of anilines is 2. The zero-order chi connectivity index (χ0) is 17.1. The number of hydrogen-bond acceptors (Lipinski definition) is 5. The highest BCUT2D eigenvalue weighted by atomic mass is 16.5. The van der Waals surface area contributed by atoms with Crippen LogP contribution in [0, 0.1) is 0 Å². The van der Waals surface area contributed by atoms with Gasteiger partial charge in [0.2, 0.25) is 5.95 Å². The third-order valence-electron chi connectivity index (χ3n) is 4.92. The number of fused-ring (bicyclic) bond motifs is 1. The number of amides is 1. The van der Waals surface area contributed by atoms with Gasteiger partial charge in [-0.05, 0) is 25.0 Å². The number of rotatable bonds is 3. The minimum Gasteiger partial charge on any atom is -0.374 e. The van der Waals surface area contributed by atoms with Crippen molar-refractivity contribution in [2.45, 2.75) is 37.8 Å². The number of nitrogens with zero attached hydrogens (tertiary/aromatic N) is 3. The summed E-state index contributed by atoms with van der Waals surface area (Å²) >= 11 is 0. The molecule has 2 atom stereocenters. The monoisotopic (exact) mass is 338 g/mol. The summed E-state index contributed by atoms with van der Waals surface area (Å²) in [5, 5.41) is 3.13. The molecule has 130 valence electrons. The van der Waals surface area contributed by atoms with E-state index in [-0.39, 0.29) is 18.1 Å². The lowest BCUT2D eigenvalue weighted by molar-refractivity contribution is -0.0753. The number of carbonyl (C=O) groups excluding carboxylic acids is 1. The number of para-hydroxylation sites is 1. The Balaban J connectivity index is 1.46. The standard InChI is InChI=1S/C19H22N4O2/c24-18(23-10-11-25-17-9-5-4-8-16(17)23)14-12-20-19(21-13-14)22-15-6-2-1-3-7-15/h1-3,6-7,12-13,16-17H,4-5,8-11H2,(H,20,21,22). The van der Waals surface area contributed by atoms with Crippen LogP contribution in [-0.4, -0.2) is 46.1 Å². The highest BCUT2D eigenvalue weighted by molar-refractivity contribution is 5.94. The molecule has 25 heavy (non-hydrogen) atoms. The first-order chi connectivity index (χ1) is 12.3. The predicted molar refractivity (Wildman–Crippen MR) is 94.8 cm³/mol. The van der Waals surface area contributed by atoms with E-state index in [1.165, 1.54) is 6.42 Å². The van der Waals surface area contributed by atoms with Crippen LogP contribution in [0.5, 0.6) is 0 Å². The Hall–Kier alpha value is -2.47. The lowest BCUT2D eigenvalue weighted by atomic mass is 9.90. The number of aromatic nitrogens is 2. The maximum atomic E-state index is 12.9. The minimum atomic E-state index is 0.00598. The first-order valence-corrected chi connectivity index (χ1v) is 8.88. The van der Waals surface area contributed by atoms with Crippen molar-refractivity contribution in [2.75, 3.05) is 18.5 Å². The van der Waals surface area contributed by atoms with Gasteiger partial charge in [0.15, 0.2) is 0 Å². The van der Waals surface area contributed by atoms with Gasteiger partial charge in [-0.2, -0.15) is 0 Å². The number of benzene rings is 1. The summed E-state index contributed by atoms with van der Waals surface area (Å²) < 4.78 is 5.85. The van der Waals surface area contributed by atoms with Gasteiger partial charge in [0.25, 0.3) is 5.91 Å². The van der Waals surface area contributed by atoms with Crippen molar-refractivity contribution in [3.05, 3.63) is 48.3 Å². The van der Waals surface area contributed by atoms with E-state index >= 15 is 0 Å². The summed E-state index contributed by atoms with van der Waals surface area (Å²) in [5.41, 5.74) is 1.45. The maximum absolute atomic E-state index is 12.9. The lowest BCUT2D eigenvalue weighted by Crippen LogP contribution is -2.54. The van der Waals surface area contributed by atoms with Gasteiger partial charge in [-0.1, -0.05) is 31.0 Å². The van der Waals surface area contributed by atoms with Crippen LogP contribution in [0.4, 0.5) is 11.6 Å². The van der Waals surface area contributed by atoms with E-state index in [4.69, 9.17) is 4.74 Å². The molecule has 0 spiro atoms. The van der Waals surface area contributed by atoms with Crippen molar-refractivity contribution in [3.8, 4) is 0 Å². The van der Waals surface area contributed by atoms with Gasteiger partial charge < -0.3 is 15.0 Å². The molecule has 2 aromatic rings. The van der Waals surface area contributed by atoms with E-state index < -0.39 is 0 Å². The molecule has 1 saturated carbocycles. The van der Waals surface area contributed by atoms with Crippen molar-refractivity contribution in [2.24, 2.45) is 0 Å². The van der Waals surface area contributed by atoms with Crippen LogP contribution in [0.2, 0.25) is 0 Å². The summed E-state index contributed by atoms with van der Waals surface area (Å²) in [5.74, 6) is 0.492. The Kier molecular flexibility index (Phi) is 4.61. The molecule has 0 bridgehead atoms. The number of ether oxygens (including phenoxy) is 1.